The fraction of sp³-hybridized carbons (Fsp3) is 0.533. The third-order valence-electron chi connectivity index (χ3n) is 4.10. The molecule has 0 bridgehead atoms. The van der Waals surface area contributed by atoms with Gasteiger partial charge in [-0.05, 0) is 24.3 Å². The summed E-state index contributed by atoms with van der Waals surface area (Å²) in [5.74, 6) is 1.04. The highest BCUT2D eigenvalue weighted by Crippen LogP contribution is 2.31. The van der Waals surface area contributed by atoms with Gasteiger partial charge in [0.15, 0.2) is 0 Å². The molecule has 21 heavy (non-hydrogen) atoms. The van der Waals surface area contributed by atoms with Gasteiger partial charge in [-0.1, -0.05) is 6.92 Å². The number of nitriles is 1. The molecule has 0 aliphatic carbocycles. The molecule has 1 saturated heterocycles. The summed E-state index contributed by atoms with van der Waals surface area (Å²) in [5.41, 5.74) is 2.28. The van der Waals surface area contributed by atoms with Gasteiger partial charge in [-0.3, -0.25) is 4.90 Å². The molecule has 6 heteroatoms. The summed E-state index contributed by atoms with van der Waals surface area (Å²) >= 11 is 1.72. The predicted octanol–water partition coefficient (Wildman–Crippen LogP) is 2.42. The summed E-state index contributed by atoms with van der Waals surface area (Å²) in [4.78, 5) is 13.5. The minimum Gasteiger partial charge on any atom is -0.353 e. The number of piperazine rings is 1. The van der Waals surface area contributed by atoms with Crippen LogP contribution in [0.3, 0.4) is 0 Å². The van der Waals surface area contributed by atoms with Gasteiger partial charge in [0.1, 0.15) is 12.1 Å². The number of nitrogens with zero attached hydrogens (tertiary/aromatic N) is 5. The van der Waals surface area contributed by atoms with Crippen LogP contribution in [0, 0.1) is 18.3 Å². The van der Waals surface area contributed by atoms with E-state index in [0.29, 0.717) is 0 Å². The van der Waals surface area contributed by atoms with Crippen LogP contribution in [0.15, 0.2) is 11.7 Å². The average molecular weight is 301 g/mol. The normalized spacial score (nSPS) is 17.9. The molecule has 1 fully saturated rings. The van der Waals surface area contributed by atoms with E-state index in [4.69, 9.17) is 0 Å². The molecular weight excluding hydrogens is 282 g/mol. The van der Waals surface area contributed by atoms with E-state index in [2.05, 4.69) is 45.1 Å². The number of hydrogen-bond donors (Lipinski definition) is 0. The van der Waals surface area contributed by atoms with Crippen molar-refractivity contribution in [1.82, 2.24) is 14.9 Å². The lowest BCUT2D eigenvalue weighted by atomic mass is 10.2. The van der Waals surface area contributed by atoms with Crippen molar-refractivity contribution in [2.24, 2.45) is 0 Å². The van der Waals surface area contributed by atoms with Gasteiger partial charge < -0.3 is 4.90 Å². The third-order valence-corrected chi connectivity index (χ3v) is 5.19. The molecule has 0 spiro atoms. The molecule has 1 atom stereocenters. The fourth-order valence-corrected chi connectivity index (χ4v) is 3.88. The van der Waals surface area contributed by atoms with Gasteiger partial charge in [-0.15, -0.1) is 11.3 Å². The molecule has 110 valence electrons. The van der Waals surface area contributed by atoms with Crippen LogP contribution < -0.4 is 4.90 Å². The van der Waals surface area contributed by atoms with Crippen molar-refractivity contribution >= 4 is 27.4 Å². The number of thiophene rings is 1. The van der Waals surface area contributed by atoms with Gasteiger partial charge in [0, 0.05) is 26.2 Å². The average Bonchev–Trinajstić information content (AvgIpc) is 2.91. The molecule has 5 nitrogen and oxygen atoms in total. The highest BCUT2D eigenvalue weighted by molar-refractivity contribution is 7.18. The van der Waals surface area contributed by atoms with Crippen molar-refractivity contribution < 1.29 is 0 Å². The molecule has 0 saturated carbocycles. The topological polar surface area (TPSA) is 56.1 Å². The van der Waals surface area contributed by atoms with E-state index in [1.165, 1.54) is 10.3 Å². The fourth-order valence-electron chi connectivity index (χ4n) is 2.86. The molecule has 2 aromatic heterocycles. The molecule has 0 aromatic carbocycles. The SMILES string of the molecule is CCC(C#N)N1CCN(c2ncnc3c(C)csc23)CC1. The van der Waals surface area contributed by atoms with Crippen LogP contribution in [-0.2, 0) is 0 Å². The molecule has 3 heterocycles. The van der Waals surface area contributed by atoms with Gasteiger partial charge in [0.2, 0.25) is 0 Å². The lowest BCUT2D eigenvalue weighted by Crippen LogP contribution is -2.50. The van der Waals surface area contributed by atoms with Crippen molar-refractivity contribution in [3.8, 4) is 6.07 Å². The van der Waals surface area contributed by atoms with Crippen molar-refractivity contribution in [1.29, 1.82) is 5.26 Å². The van der Waals surface area contributed by atoms with E-state index in [0.717, 1.165) is 43.9 Å². The van der Waals surface area contributed by atoms with Gasteiger partial charge >= 0.3 is 0 Å². The summed E-state index contributed by atoms with van der Waals surface area (Å²) in [6.07, 6.45) is 2.55. The van der Waals surface area contributed by atoms with Crippen molar-refractivity contribution in [3.05, 3.63) is 17.3 Å². The lowest BCUT2D eigenvalue weighted by molar-refractivity contribution is 0.216. The number of anilines is 1. The monoisotopic (exact) mass is 301 g/mol. The minimum absolute atomic E-state index is 0.0431. The first-order valence-corrected chi connectivity index (χ1v) is 8.20. The number of fused-ring (bicyclic) bond motifs is 1. The molecule has 1 aliphatic heterocycles. The Labute approximate surface area is 128 Å². The summed E-state index contributed by atoms with van der Waals surface area (Å²) in [6.45, 7) is 7.83. The van der Waals surface area contributed by atoms with Crippen LogP contribution in [0.1, 0.15) is 18.9 Å². The number of hydrogen-bond acceptors (Lipinski definition) is 6. The summed E-state index contributed by atoms with van der Waals surface area (Å²) in [5, 5.41) is 11.3. The maximum atomic E-state index is 9.18. The van der Waals surface area contributed by atoms with Crippen molar-refractivity contribution in [3.63, 3.8) is 0 Å². The Hall–Kier alpha value is -1.71. The molecule has 3 rings (SSSR count). The highest BCUT2D eigenvalue weighted by Gasteiger charge is 2.24. The second kappa shape index (κ2) is 5.96. The molecule has 0 amide bonds. The van der Waals surface area contributed by atoms with Gasteiger partial charge in [0.25, 0.3) is 0 Å². The van der Waals surface area contributed by atoms with Crippen LogP contribution in [0.25, 0.3) is 10.2 Å². The maximum absolute atomic E-state index is 9.18. The molecule has 1 unspecified atom stereocenters. The Morgan fingerprint density at radius 1 is 1.33 bits per heavy atom. The number of aryl methyl sites for hydroxylation is 1. The van der Waals surface area contributed by atoms with Crippen molar-refractivity contribution in [2.75, 3.05) is 31.1 Å². The van der Waals surface area contributed by atoms with Crippen LogP contribution in [-0.4, -0.2) is 47.1 Å². The maximum Gasteiger partial charge on any atom is 0.150 e. The van der Waals surface area contributed by atoms with Crippen LogP contribution in [0.2, 0.25) is 0 Å². The summed E-state index contributed by atoms with van der Waals surface area (Å²) in [6, 6.07) is 2.44. The smallest absolute Gasteiger partial charge is 0.150 e. The van der Waals surface area contributed by atoms with Crippen LogP contribution >= 0.6 is 11.3 Å². The Kier molecular flexibility index (Phi) is 4.04. The Morgan fingerprint density at radius 2 is 2.10 bits per heavy atom. The molecule has 0 N–H and O–H groups in total. The first kappa shape index (κ1) is 14.2. The zero-order chi connectivity index (χ0) is 14.8. The van der Waals surface area contributed by atoms with E-state index in [1.807, 2.05) is 0 Å². The zero-order valence-electron chi connectivity index (χ0n) is 12.4. The third kappa shape index (κ3) is 2.59. The van der Waals surface area contributed by atoms with E-state index < -0.39 is 0 Å². The highest BCUT2D eigenvalue weighted by atomic mass is 32.1. The predicted molar refractivity (Wildman–Crippen MR) is 85.6 cm³/mol. The number of aromatic nitrogens is 2. The Balaban J connectivity index is 1.79. The number of rotatable bonds is 3. The van der Waals surface area contributed by atoms with E-state index in [9.17, 15) is 5.26 Å². The quantitative estimate of drug-likeness (QED) is 0.871. The Morgan fingerprint density at radius 3 is 2.76 bits per heavy atom. The first-order chi connectivity index (χ1) is 10.2. The summed E-state index contributed by atoms with van der Waals surface area (Å²) < 4.78 is 1.18. The van der Waals surface area contributed by atoms with Crippen molar-refractivity contribution in [2.45, 2.75) is 26.3 Å². The van der Waals surface area contributed by atoms with Crippen LogP contribution in [0.4, 0.5) is 5.82 Å². The second-order valence-corrected chi connectivity index (χ2v) is 6.25. The summed E-state index contributed by atoms with van der Waals surface area (Å²) in [7, 11) is 0. The van der Waals surface area contributed by atoms with Gasteiger partial charge in [-0.25, -0.2) is 9.97 Å². The first-order valence-electron chi connectivity index (χ1n) is 7.32. The Bertz CT molecular complexity index is 666. The molecule has 2 aromatic rings. The minimum atomic E-state index is 0.0431. The zero-order valence-corrected chi connectivity index (χ0v) is 13.2. The van der Waals surface area contributed by atoms with Gasteiger partial charge in [-0.2, -0.15) is 5.26 Å². The largest absolute Gasteiger partial charge is 0.353 e. The van der Waals surface area contributed by atoms with Crippen LogP contribution in [0.5, 0.6) is 0 Å². The standard InChI is InChI=1S/C15H19N5S/c1-3-12(8-16)19-4-6-20(7-5-19)15-14-13(17-10-18-15)11(2)9-21-14/h9-10,12H,3-7H2,1-2H3. The molecule has 0 radical (unpaired) electrons. The second-order valence-electron chi connectivity index (χ2n) is 5.37. The van der Waals surface area contributed by atoms with E-state index in [-0.39, 0.29) is 6.04 Å². The van der Waals surface area contributed by atoms with E-state index >= 15 is 0 Å². The van der Waals surface area contributed by atoms with E-state index in [1.54, 1.807) is 17.7 Å². The van der Waals surface area contributed by atoms with Gasteiger partial charge in [0.05, 0.1) is 22.3 Å². The molecular formula is C15H19N5S. The lowest BCUT2D eigenvalue weighted by Gasteiger charge is -2.37. The molecule has 1 aliphatic rings.